The molecular weight excluding hydrogens is 421 g/mol. The molecule has 2 N–H and O–H groups in total. The Morgan fingerprint density at radius 1 is 0.750 bits per heavy atom. The fourth-order valence-electron chi connectivity index (χ4n) is 2.82. The van der Waals surface area contributed by atoms with Crippen LogP contribution in [0.25, 0.3) is 28.5 Å². The van der Waals surface area contributed by atoms with Gasteiger partial charge in [-0.1, -0.05) is 59.1 Å². The minimum absolute atomic E-state index is 0.0150. The van der Waals surface area contributed by atoms with Gasteiger partial charge < -0.3 is 10.2 Å². The Kier molecular flexibility index (Phi) is 4.89. The molecule has 0 unspecified atom stereocenters. The molecular formula is C20H12Cl3N3O2. The molecule has 1 heterocycles. The Morgan fingerprint density at radius 3 is 1.86 bits per heavy atom. The number of hydrogen-bond donors (Lipinski definition) is 2. The van der Waals surface area contributed by atoms with Crippen LogP contribution in [0, 0.1) is 0 Å². The normalized spacial score (nSPS) is 11.0. The Morgan fingerprint density at radius 2 is 1.29 bits per heavy atom. The number of aromatic hydroxyl groups is 2. The van der Waals surface area contributed by atoms with E-state index in [4.69, 9.17) is 34.8 Å². The highest BCUT2D eigenvalue weighted by molar-refractivity contribution is 6.40. The van der Waals surface area contributed by atoms with Crippen LogP contribution in [-0.4, -0.2) is 25.0 Å². The van der Waals surface area contributed by atoms with Crippen LogP contribution in [-0.2, 0) is 0 Å². The monoisotopic (exact) mass is 431 g/mol. The van der Waals surface area contributed by atoms with Gasteiger partial charge in [-0.3, -0.25) is 0 Å². The maximum Gasteiger partial charge on any atom is 0.185 e. The molecule has 5 nitrogen and oxygen atoms in total. The first-order chi connectivity index (χ1) is 13.5. The van der Waals surface area contributed by atoms with Crippen LogP contribution >= 0.6 is 34.8 Å². The largest absolute Gasteiger partial charge is 0.507 e. The third kappa shape index (κ3) is 3.29. The van der Waals surface area contributed by atoms with Gasteiger partial charge in [-0.05, 0) is 36.4 Å². The summed E-state index contributed by atoms with van der Waals surface area (Å²) in [4.78, 5) is 4.53. The number of para-hydroxylation sites is 2. The lowest BCUT2D eigenvalue weighted by atomic mass is 10.1. The highest BCUT2D eigenvalue weighted by Gasteiger charge is 2.22. The number of phenols is 2. The zero-order chi connectivity index (χ0) is 19.8. The fraction of sp³-hybridized carbons (Fsp3) is 0. The van der Waals surface area contributed by atoms with Gasteiger partial charge in [0.2, 0.25) is 0 Å². The number of phenolic OH excluding ortho intramolecular Hbond substituents is 2. The van der Waals surface area contributed by atoms with Crippen LogP contribution in [0.15, 0.2) is 60.7 Å². The number of aromatic nitrogens is 3. The van der Waals surface area contributed by atoms with E-state index in [2.05, 4.69) is 10.1 Å². The molecule has 3 aromatic carbocycles. The van der Waals surface area contributed by atoms with Gasteiger partial charge in [0.25, 0.3) is 0 Å². The number of hydrogen-bond acceptors (Lipinski definition) is 4. The van der Waals surface area contributed by atoms with Crippen molar-refractivity contribution in [1.82, 2.24) is 14.8 Å². The van der Waals surface area contributed by atoms with Crippen LogP contribution in [0.2, 0.25) is 15.1 Å². The molecule has 8 heteroatoms. The number of halogens is 3. The van der Waals surface area contributed by atoms with Crippen molar-refractivity contribution in [2.24, 2.45) is 0 Å². The van der Waals surface area contributed by atoms with E-state index in [0.29, 0.717) is 27.7 Å². The Balaban J connectivity index is 2.03. The smallest absolute Gasteiger partial charge is 0.185 e. The second kappa shape index (κ2) is 7.36. The zero-order valence-corrected chi connectivity index (χ0v) is 16.4. The lowest BCUT2D eigenvalue weighted by molar-refractivity contribution is 0.476. The first-order valence-corrected chi connectivity index (χ1v) is 9.28. The molecule has 4 rings (SSSR count). The predicted octanol–water partition coefficient (Wildman–Crippen LogP) is 5.97. The summed E-state index contributed by atoms with van der Waals surface area (Å²) in [6.45, 7) is 0. The molecule has 0 fully saturated rings. The Hall–Kier alpha value is -2.73. The van der Waals surface area contributed by atoms with Gasteiger partial charge in [-0.15, -0.1) is 5.10 Å². The molecule has 140 valence electrons. The Labute approximate surface area is 175 Å². The molecule has 0 saturated heterocycles. The van der Waals surface area contributed by atoms with Gasteiger partial charge in [0, 0.05) is 5.02 Å². The van der Waals surface area contributed by atoms with E-state index >= 15 is 0 Å². The van der Waals surface area contributed by atoms with Gasteiger partial charge in [0.1, 0.15) is 17.2 Å². The second-order valence-corrected chi connectivity index (χ2v) is 7.17. The van der Waals surface area contributed by atoms with E-state index in [1.165, 1.54) is 10.7 Å². The lowest BCUT2D eigenvalue weighted by Crippen LogP contribution is -2.02. The topological polar surface area (TPSA) is 71.2 Å². The van der Waals surface area contributed by atoms with E-state index in [1.54, 1.807) is 54.6 Å². The van der Waals surface area contributed by atoms with E-state index in [0.717, 1.165) is 0 Å². The van der Waals surface area contributed by atoms with Crippen molar-refractivity contribution in [3.63, 3.8) is 0 Å². The van der Waals surface area contributed by atoms with E-state index in [1.807, 2.05) is 0 Å². The molecule has 0 aliphatic carbocycles. The van der Waals surface area contributed by atoms with Crippen molar-refractivity contribution in [2.45, 2.75) is 0 Å². The van der Waals surface area contributed by atoms with Gasteiger partial charge in [-0.25, -0.2) is 9.67 Å². The zero-order valence-electron chi connectivity index (χ0n) is 14.1. The second-order valence-electron chi connectivity index (χ2n) is 5.92. The van der Waals surface area contributed by atoms with Crippen molar-refractivity contribution in [3.05, 3.63) is 75.7 Å². The van der Waals surface area contributed by atoms with Crippen molar-refractivity contribution in [2.75, 3.05) is 0 Å². The molecule has 28 heavy (non-hydrogen) atoms. The quantitative estimate of drug-likeness (QED) is 0.418. The summed E-state index contributed by atoms with van der Waals surface area (Å²) in [5, 5.41) is 25.9. The van der Waals surface area contributed by atoms with Crippen LogP contribution in [0.4, 0.5) is 0 Å². The summed E-state index contributed by atoms with van der Waals surface area (Å²) in [6, 6.07) is 16.5. The molecule has 0 saturated carbocycles. The molecule has 4 aromatic rings. The Bertz CT molecular complexity index is 1170. The molecule has 0 aliphatic rings. The minimum Gasteiger partial charge on any atom is -0.507 e. The van der Waals surface area contributed by atoms with Gasteiger partial charge in [0.05, 0.1) is 21.2 Å². The van der Waals surface area contributed by atoms with Crippen molar-refractivity contribution >= 4 is 34.8 Å². The van der Waals surface area contributed by atoms with Crippen LogP contribution in [0.5, 0.6) is 11.5 Å². The van der Waals surface area contributed by atoms with Crippen molar-refractivity contribution in [1.29, 1.82) is 0 Å². The highest BCUT2D eigenvalue weighted by Crippen LogP contribution is 2.38. The maximum atomic E-state index is 10.3. The number of benzene rings is 3. The maximum absolute atomic E-state index is 10.3. The van der Waals surface area contributed by atoms with Crippen LogP contribution in [0.1, 0.15) is 0 Å². The average Bonchev–Trinajstić information content (AvgIpc) is 3.06. The summed E-state index contributed by atoms with van der Waals surface area (Å²) in [5.41, 5.74) is 1.22. The molecule has 0 spiro atoms. The van der Waals surface area contributed by atoms with Gasteiger partial charge in [-0.2, -0.15) is 0 Å². The molecule has 0 amide bonds. The standard InChI is InChI=1S/C20H12Cl3N3O2/c21-11-9-14(22)18(15(23)10-11)26-20(13-6-2-4-8-17(13)28)24-19(25-26)12-5-1-3-7-16(12)27/h1-10,27-28H. The SMILES string of the molecule is Oc1ccccc1-c1nc(-c2ccccc2O)n(-c2c(Cl)cc(Cl)cc2Cl)n1. The van der Waals surface area contributed by atoms with Crippen LogP contribution in [0.3, 0.4) is 0 Å². The van der Waals surface area contributed by atoms with Crippen LogP contribution < -0.4 is 0 Å². The van der Waals surface area contributed by atoms with E-state index in [9.17, 15) is 10.2 Å². The molecule has 1 aromatic heterocycles. The van der Waals surface area contributed by atoms with E-state index < -0.39 is 0 Å². The summed E-state index contributed by atoms with van der Waals surface area (Å²) < 4.78 is 1.43. The number of rotatable bonds is 3. The molecule has 0 aliphatic heterocycles. The first-order valence-electron chi connectivity index (χ1n) is 8.14. The summed E-state index contributed by atoms with van der Waals surface area (Å²) in [6.07, 6.45) is 0. The van der Waals surface area contributed by atoms with Crippen molar-refractivity contribution in [3.8, 4) is 40.0 Å². The summed E-state index contributed by atoms with van der Waals surface area (Å²) in [5.74, 6) is 0.596. The fourth-order valence-corrected chi connectivity index (χ4v) is 3.80. The average molecular weight is 433 g/mol. The van der Waals surface area contributed by atoms with Gasteiger partial charge in [0.15, 0.2) is 11.6 Å². The lowest BCUT2D eigenvalue weighted by Gasteiger charge is -2.11. The molecule has 0 radical (unpaired) electrons. The summed E-state index contributed by atoms with van der Waals surface area (Å²) in [7, 11) is 0. The van der Waals surface area contributed by atoms with E-state index in [-0.39, 0.29) is 27.4 Å². The molecule has 0 bridgehead atoms. The third-order valence-electron chi connectivity index (χ3n) is 4.09. The summed E-state index contributed by atoms with van der Waals surface area (Å²) >= 11 is 18.8. The minimum atomic E-state index is 0.0150. The molecule has 0 atom stereocenters. The highest BCUT2D eigenvalue weighted by atomic mass is 35.5. The van der Waals surface area contributed by atoms with Gasteiger partial charge >= 0.3 is 0 Å². The van der Waals surface area contributed by atoms with Crippen molar-refractivity contribution < 1.29 is 10.2 Å². The number of nitrogens with zero attached hydrogens (tertiary/aromatic N) is 3. The predicted molar refractivity (Wildman–Crippen MR) is 111 cm³/mol. The third-order valence-corrected chi connectivity index (χ3v) is 4.88. The first kappa shape index (κ1) is 18.6.